The van der Waals surface area contributed by atoms with E-state index >= 15 is 0 Å². The molecule has 25 heavy (non-hydrogen) atoms. The Morgan fingerprint density at radius 1 is 1.16 bits per heavy atom. The number of benzene rings is 1. The van der Waals surface area contributed by atoms with Crippen LogP contribution >= 0.6 is 0 Å². The van der Waals surface area contributed by atoms with E-state index in [1.165, 1.54) is 25.5 Å². The van der Waals surface area contributed by atoms with Crippen molar-refractivity contribution in [2.75, 3.05) is 18.0 Å². The van der Waals surface area contributed by atoms with Gasteiger partial charge in [-0.1, -0.05) is 18.2 Å². The highest BCUT2D eigenvalue weighted by atomic mass is 16.2. The monoisotopic (exact) mass is 339 g/mol. The minimum atomic E-state index is -0.177. The number of ketones is 1. The first-order valence-electron chi connectivity index (χ1n) is 8.80. The first-order valence-corrected chi connectivity index (χ1v) is 8.80. The molecule has 2 N–H and O–H groups in total. The van der Waals surface area contributed by atoms with Crippen LogP contribution in [0.4, 0.5) is 5.69 Å². The first-order chi connectivity index (χ1) is 12.0. The van der Waals surface area contributed by atoms with Crippen molar-refractivity contribution in [1.29, 1.82) is 0 Å². The minimum Gasteiger partial charge on any atom is -0.371 e. The van der Waals surface area contributed by atoms with Gasteiger partial charge in [-0.25, -0.2) is 0 Å². The zero-order valence-corrected chi connectivity index (χ0v) is 15.1. The van der Waals surface area contributed by atoms with Crippen LogP contribution < -0.4 is 10.2 Å². The fourth-order valence-corrected chi connectivity index (χ4v) is 3.70. The second-order valence-electron chi connectivity index (χ2n) is 6.69. The molecule has 1 amide bonds. The van der Waals surface area contributed by atoms with E-state index < -0.39 is 0 Å². The molecule has 1 aromatic heterocycles. The fourth-order valence-electron chi connectivity index (χ4n) is 3.70. The maximum atomic E-state index is 12.6. The van der Waals surface area contributed by atoms with E-state index in [-0.39, 0.29) is 11.7 Å². The van der Waals surface area contributed by atoms with Gasteiger partial charge in [-0.15, -0.1) is 0 Å². The summed E-state index contributed by atoms with van der Waals surface area (Å²) in [6.07, 6.45) is 2.44. The summed E-state index contributed by atoms with van der Waals surface area (Å²) in [6, 6.07) is 8.21. The van der Waals surface area contributed by atoms with Gasteiger partial charge in [0.2, 0.25) is 0 Å². The van der Waals surface area contributed by atoms with E-state index in [1.54, 1.807) is 0 Å². The summed E-state index contributed by atoms with van der Waals surface area (Å²) in [5.41, 5.74) is 4.86. The van der Waals surface area contributed by atoms with E-state index in [1.807, 2.05) is 26.0 Å². The van der Waals surface area contributed by atoms with Crippen LogP contribution in [0.15, 0.2) is 24.3 Å². The molecule has 0 bridgehead atoms. The number of rotatable bonds is 5. The smallest absolute Gasteiger partial charge is 0.268 e. The molecular formula is C20H25N3O2. The molecule has 132 valence electrons. The van der Waals surface area contributed by atoms with Crippen molar-refractivity contribution in [2.45, 2.75) is 40.2 Å². The van der Waals surface area contributed by atoms with Gasteiger partial charge in [0.25, 0.3) is 5.91 Å². The third-order valence-corrected chi connectivity index (χ3v) is 4.89. The van der Waals surface area contributed by atoms with Crippen LogP contribution in [0.3, 0.4) is 0 Å². The third kappa shape index (κ3) is 3.45. The van der Waals surface area contributed by atoms with Gasteiger partial charge in [0.1, 0.15) is 5.69 Å². The number of anilines is 1. The molecule has 0 atom stereocenters. The van der Waals surface area contributed by atoms with Crippen LogP contribution in [0.2, 0.25) is 0 Å². The highest BCUT2D eigenvalue weighted by molar-refractivity contribution is 6.02. The van der Waals surface area contributed by atoms with Gasteiger partial charge in [0, 0.05) is 36.6 Å². The molecule has 2 aromatic rings. The van der Waals surface area contributed by atoms with Gasteiger partial charge >= 0.3 is 0 Å². The molecule has 0 saturated carbocycles. The van der Waals surface area contributed by atoms with Crippen LogP contribution in [0.25, 0.3) is 0 Å². The molecule has 1 aliphatic heterocycles. The number of aryl methyl sites for hydroxylation is 1. The lowest BCUT2D eigenvalue weighted by atomic mass is 10.1. The Morgan fingerprint density at radius 3 is 2.48 bits per heavy atom. The Morgan fingerprint density at radius 2 is 1.84 bits per heavy atom. The number of carbonyl (C=O) groups is 2. The van der Waals surface area contributed by atoms with Crippen LogP contribution in [0.5, 0.6) is 0 Å². The topological polar surface area (TPSA) is 65.2 Å². The van der Waals surface area contributed by atoms with E-state index in [0.717, 1.165) is 29.9 Å². The molecular weight excluding hydrogens is 314 g/mol. The van der Waals surface area contributed by atoms with Gasteiger partial charge in [-0.05, 0) is 50.8 Å². The largest absolute Gasteiger partial charge is 0.371 e. The van der Waals surface area contributed by atoms with Crippen molar-refractivity contribution in [3.8, 4) is 0 Å². The predicted octanol–water partition coefficient (Wildman–Crippen LogP) is 3.36. The van der Waals surface area contributed by atoms with Gasteiger partial charge in [0.15, 0.2) is 5.78 Å². The maximum Gasteiger partial charge on any atom is 0.268 e. The normalized spacial score (nSPS) is 14.0. The molecule has 1 aromatic carbocycles. The molecule has 5 heteroatoms. The van der Waals surface area contributed by atoms with E-state index in [9.17, 15) is 9.59 Å². The van der Waals surface area contributed by atoms with E-state index in [4.69, 9.17) is 0 Å². The maximum absolute atomic E-state index is 12.6. The number of amides is 1. The summed E-state index contributed by atoms with van der Waals surface area (Å²) in [4.78, 5) is 29.8. The Bertz CT molecular complexity index is 801. The molecule has 3 rings (SSSR count). The van der Waals surface area contributed by atoms with Gasteiger partial charge in [-0.2, -0.15) is 0 Å². The van der Waals surface area contributed by atoms with Crippen LogP contribution in [-0.4, -0.2) is 29.8 Å². The highest BCUT2D eigenvalue weighted by Gasteiger charge is 2.20. The Hall–Kier alpha value is -2.56. The molecule has 1 saturated heterocycles. The van der Waals surface area contributed by atoms with Crippen molar-refractivity contribution in [2.24, 2.45) is 0 Å². The minimum absolute atomic E-state index is 0.0234. The number of aromatic nitrogens is 1. The Kier molecular flexibility index (Phi) is 4.93. The van der Waals surface area contributed by atoms with Gasteiger partial charge in [0.05, 0.1) is 0 Å². The first kappa shape index (κ1) is 17.3. The quantitative estimate of drug-likeness (QED) is 0.821. The van der Waals surface area contributed by atoms with Crippen molar-refractivity contribution < 1.29 is 9.59 Å². The average molecular weight is 339 g/mol. The number of hydrogen-bond acceptors (Lipinski definition) is 3. The van der Waals surface area contributed by atoms with Crippen molar-refractivity contribution in [1.82, 2.24) is 10.3 Å². The highest BCUT2D eigenvalue weighted by Crippen LogP contribution is 2.24. The lowest BCUT2D eigenvalue weighted by molar-refractivity contribution is 0.0945. The van der Waals surface area contributed by atoms with Crippen molar-refractivity contribution >= 4 is 17.4 Å². The van der Waals surface area contributed by atoms with Crippen LogP contribution in [0, 0.1) is 13.8 Å². The standard InChI is InChI=1S/C20H25N3O2/c1-13-18(15(3)24)14(2)22-19(13)20(25)21-12-16-8-4-5-9-17(16)23-10-6-7-11-23/h4-5,8-9,22H,6-7,10-12H2,1-3H3,(H,21,25). The zero-order chi connectivity index (χ0) is 18.0. The summed E-state index contributed by atoms with van der Waals surface area (Å²) in [6.45, 7) is 7.77. The average Bonchev–Trinajstić information content (AvgIpc) is 3.21. The van der Waals surface area contributed by atoms with Gasteiger partial charge < -0.3 is 15.2 Å². The third-order valence-electron chi connectivity index (χ3n) is 4.89. The summed E-state index contributed by atoms with van der Waals surface area (Å²) in [5, 5.41) is 2.99. The number of carbonyl (C=O) groups excluding carboxylic acids is 2. The van der Waals surface area contributed by atoms with Crippen molar-refractivity contribution in [3.63, 3.8) is 0 Å². The summed E-state index contributed by atoms with van der Waals surface area (Å²) in [5.74, 6) is -0.200. The lowest BCUT2D eigenvalue weighted by Gasteiger charge is -2.21. The molecule has 1 fully saturated rings. The lowest BCUT2D eigenvalue weighted by Crippen LogP contribution is -2.26. The summed E-state index contributed by atoms with van der Waals surface area (Å²) < 4.78 is 0. The molecule has 0 spiro atoms. The molecule has 0 radical (unpaired) electrons. The second kappa shape index (κ2) is 7.13. The summed E-state index contributed by atoms with van der Waals surface area (Å²) >= 11 is 0. The molecule has 1 aliphatic rings. The molecule has 0 unspecified atom stereocenters. The number of H-pyrrole nitrogens is 1. The van der Waals surface area contributed by atoms with E-state index in [0.29, 0.717) is 17.8 Å². The predicted molar refractivity (Wildman–Crippen MR) is 99.3 cm³/mol. The molecule has 2 heterocycles. The van der Waals surface area contributed by atoms with Gasteiger partial charge in [-0.3, -0.25) is 9.59 Å². The number of hydrogen-bond donors (Lipinski definition) is 2. The van der Waals surface area contributed by atoms with Crippen LogP contribution in [-0.2, 0) is 6.54 Å². The number of para-hydroxylation sites is 1. The molecule has 0 aliphatic carbocycles. The SMILES string of the molecule is CC(=O)c1c(C)[nH]c(C(=O)NCc2ccccc2N2CCCC2)c1C. The summed E-state index contributed by atoms with van der Waals surface area (Å²) in [7, 11) is 0. The fraction of sp³-hybridized carbons (Fsp3) is 0.400. The van der Waals surface area contributed by atoms with Crippen LogP contribution in [0.1, 0.15) is 57.4 Å². The number of nitrogens with one attached hydrogen (secondary N) is 2. The Labute approximate surface area is 148 Å². The number of aromatic amines is 1. The number of nitrogens with zero attached hydrogens (tertiary/aromatic N) is 1. The molecule has 5 nitrogen and oxygen atoms in total. The van der Waals surface area contributed by atoms with Crippen molar-refractivity contribution in [3.05, 3.63) is 52.3 Å². The Balaban J connectivity index is 1.75. The number of Topliss-reactive ketones (excluding diaryl/α,β-unsaturated/α-hetero) is 1. The second-order valence-corrected chi connectivity index (χ2v) is 6.69. The zero-order valence-electron chi connectivity index (χ0n) is 15.1. The van der Waals surface area contributed by atoms with E-state index in [2.05, 4.69) is 27.3 Å².